The third-order valence-electron chi connectivity index (χ3n) is 2.52. The second-order valence-electron chi connectivity index (χ2n) is 5.86. The first kappa shape index (κ1) is 18.2. The standard InChI is InChI=1S/C10H16N2O.C5H8O2/c1-7-9(8(2)13)6-11-12(7)10(3,4)5;1-4(6)3-5(2)7/h6H,1-5H3;3H2,1-2H3. The summed E-state index contributed by atoms with van der Waals surface area (Å²) in [5.74, 6) is -0.0481. The molecule has 0 saturated heterocycles. The van der Waals surface area contributed by atoms with E-state index in [1.54, 1.807) is 13.1 Å². The van der Waals surface area contributed by atoms with Gasteiger partial charge in [-0.3, -0.25) is 19.1 Å². The van der Waals surface area contributed by atoms with E-state index >= 15 is 0 Å². The van der Waals surface area contributed by atoms with Gasteiger partial charge in [-0.05, 0) is 48.5 Å². The Balaban J connectivity index is 0.000000441. The van der Waals surface area contributed by atoms with E-state index in [2.05, 4.69) is 25.9 Å². The van der Waals surface area contributed by atoms with Crippen LogP contribution in [0.25, 0.3) is 0 Å². The lowest BCUT2D eigenvalue weighted by Gasteiger charge is -2.21. The van der Waals surface area contributed by atoms with E-state index in [1.165, 1.54) is 13.8 Å². The maximum atomic E-state index is 11.2. The van der Waals surface area contributed by atoms with Crippen LogP contribution < -0.4 is 0 Å². The van der Waals surface area contributed by atoms with Crippen LogP contribution in [0.15, 0.2) is 6.20 Å². The summed E-state index contributed by atoms with van der Waals surface area (Å²) in [6.07, 6.45) is 1.73. The number of nitrogens with zero attached hydrogens (tertiary/aromatic N) is 2. The highest BCUT2D eigenvalue weighted by atomic mass is 16.1. The quantitative estimate of drug-likeness (QED) is 0.630. The minimum absolute atomic E-state index is 0.0578. The van der Waals surface area contributed by atoms with Crippen LogP contribution in [0, 0.1) is 6.92 Å². The summed E-state index contributed by atoms with van der Waals surface area (Å²) in [6, 6.07) is 0. The van der Waals surface area contributed by atoms with Gasteiger partial charge in [0.1, 0.15) is 11.6 Å². The van der Waals surface area contributed by atoms with Gasteiger partial charge in [-0.25, -0.2) is 0 Å². The number of Topliss-reactive ketones (excluding diaryl/α,β-unsaturated/α-hetero) is 3. The molecule has 1 heterocycles. The molecule has 0 unspecified atom stereocenters. The molecule has 0 atom stereocenters. The van der Waals surface area contributed by atoms with E-state index in [0.29, 0.717) is 0 Å². The maximum absolute atomic E-state index is 11.2. The van der Waals surface area contributed by atoms with Gasteiger partial charge in [-0.15, -0.1) is 0 Å². The normalized spacial score (nSPS) is 10.6. The molecule has 20 heavy (non-hydrogen) atoms. The van der Waals surface area contributed by atoms with Crippen molar-refractivity contribution < 1.29 is 14.4 Å². The number of aromatic nitrogens is 2. The van der Waals surface area contributed by atoms with E-state index in [9.17, 15) is 14.4 Å². The van der Waals surface area contributed by atoms with Crippen LogP contribution in [0.2, 0.25) is 0 Å². The van der Waals surface area contributed by atoms with Gasteiger partial charge in [0.2, 0.25) is 0 Å². The molecule has 0 aromatic carbocycles. The van der Waals surface area contributed by atoms with Crippen LogP contribution in [-0.2, 0) is 15.1 Å². The van der Waals surface area contributed by atoms with Crippen molar-refractivity contribution in [2.24, 2.45) is 0 Å². The van der Waals surface area contributed by atoms with Gasteiger partial charge in [-0.1, -0.05) is 0 Å². The predicted octanol–water partition coefficient (Wildman–Crippen LogP) is 2.70. The fourth-order valence-corrected chi connectivity index (χ4v) is 1.78. The third-order valence-corrected chi connectivity index (χ3v) is 2.52. The van der Waals surface area contributed by atoms with Crippen LogP contribution in [-0.4, -0.2) is 27.1 Å². The number of carbonyl (C=O) groups excluding carboxylic acids is 3. The zero-order valence-electron chi connectivity index (χ0n) is 13.4. The van der Waals surface area contributed by atoms with E-state index in [4.69, 9.17) is 0 Å². The van der Waals surface area contributed by atoms with Gasteiger partial charge in [0.25, 0.3) is 0 Å². The van der Waals surface area contributed by atoms with E-state index in [1.807, 2.05) is 11.6 Å². The first-order chi connectivity index (χ1) is 8.96. The third kappa shape index (κ3) is 5.91. The first-order valence-electron chi connectivity index (χ1n) is 6.51. The summed E-state index contributed by atoms with van der Waals surface area (Å²) in [7, 11) is 0. The first-order valence-corrected chi connectivity index (χ1v) is 6.51. The fourth-order valence-electron chi connectivity index (χ4n) is 1.78. The molecule has 0 bridgehead atoms. The minimum atomic E-state index is -0.0625. The van der Waals surface area contributed by atoms with Crippen molar-refractivity contribution in [3.05, 3.63) is 17.5 Å². The molecule has 0 amide bonds. The summed E-state index contributed by atoms with van der Waals surface area (Å²) >= 11 is 0. The average molecular weight is 280 g/mol. The number of ketones is 3. The second kappa shape index (κ2) is 7.12. The van der Waals surface area contributed by atoms with Crippen molar-refractivity contribution in [2.75, 3.05) is 0 Å². The van der Waals surface area contributed by atoms with Crippen LogP contribution in [0.1, 0.15) is 64.0 Å². The Labute approximate surface area is 120 Å². The summed E-state index contributed by atoms with van der Waals surface area (Å²) in [5, 5.41) is 4.20. The maximum Gasteiger partial charge on any atom is 0.163 e. The summed E-state index contributed by atoms with van der Waals surface area (Å²) in [4.78, 5) is 31.2. The van der Waals surface area contributed by atoms with E-state index in [-0.39, 0.29) is 29.3 Å². The van der Waals surface area contributed by atoms with Crippen LogP contribution in [0.3, 0.4) is 0 Å². The molecule has 0 aliphatic heterocycles. The zero-order valence-corrected chi connectivity index (χ0v) is 13.4. The fraction of sp³-hybridized carbons (Fsp3) is 0.600. The molecule has 0 fully saturated rings. The van der Waals surface area contributed by atoms with Gasteiger partial charge in [0, 0.05) is 5.69 Å². The average Bonchev–Trinajstić information content (AvgIpc) is 2.57. The van der Waals surface area contributed by atoms with Crippen molar-refractivity contribution in [3.8, 4) is 0 Å². The number of hydrogen-bond acceptors (Lipinski definition) is 4. The summed E-state index contributed by atoms with van der Waals surface area (Å²) in [5.41, 5.74) is 1.60. The Morgan fingerprint density at radius 2 is 1.55 bits per heavy atom. The van der Waals surface area contributed by atoms with Crippen molar-refractivity contribution in [1.82, 2.24) is 9.78 Å². The molecule has 1 aromatic rings. The molecule has 1 aromatic heterocycles. The van der Waals surface area contributed by atoms with E-state index in [0.717, 1.165) is 11.3 Å². The molecule has 0 aliphatic carbocycles. The molecule has 0 saturated carbocycles. The molecule has 5 nitrogen and oxygen atoms in total. The van der Waals surface area contributed by atoms with Gasteiger partial charge in [0.15, 0.2) is 5.78 Å². The Hall–Kier alpha value is -1.78. The molecule has 5 heteroatoms. The van der Waals surface area contributed by atoms with Gasteiger partial charge < -0.3 is 0 Å². The van der Waals surface area contributed by atoms with Crippen molar-refractivity contribution in [1.29, 1.82) is 0 Å². The SMILES string of the molecule is CC(=O)CC(C)=O.CC(=O)c1cnn(C(C)(C)C)c1C. The van der Waals surface area contributed by atoms with Crippen LogP contribution >= 0.6 is 0 Å². The highest BCUT2D eigenvalue weighted by molar-refractivity contribution is 5.96. The monoisotopic (exact) mass is 280 g/mol. The lowest BCUT2D eigenvalue weighted by atomic mass is 10.1. The highest BCUT2D eigenvalue weighted by Gasteiger charge is 2.19. The highest BCUT2D eigenvalue weighted by Crippen LogP contribution is 2.18. The Bertz CT molecular complexity index is 496. The minimum Gasteiger partial charge on any atom is -0.300 e. The summed E-state index contributed by atoms with van der Waals surface area (Å²) < 4.78 is 1.88. The largest absolute Gasteiger partial charge is 0.300 e. The zero-order chi connectivity index (χ0) is 16.1. The molecule has 1 rings (SSSR count). The number of rotatable bonds is 3. The molecule has 0 spiro atoms. The summed E-state index contributed by atoms with van der Waals surface area (Å²) in [6.45, 7) is 12.5. The molecule has 0 aliphatic rings. The van der Waals surface area contributed by atoms with Crippen molar-refractivity contribution in [3.63, 3.8) is 0 Å². The van der Waals surface area contributed by atoms with Crippen LogP contribution in [0.4, 0.5) is 0 Å². The Morgan fingerprint density at radius 3 is 1.70 bits per heavy atom. The molecule has 0 N–H and O–H groups in total. The Morgan fingerprint density at radius 1 is 1.10 bits per heavy atom. The van der Waals surface area contributed by atoms with E-state index < -0.39 is 0 Å². The van der Waals surface area contributed by atoms with Crippen molar-refractivity contribution in [2.45, 2.75) is 60.4 Å². The molecule has 112 valence electrons. The lowest BCUT2D eigenvalue weighted by molar-refractivity contribution is -0.124. The smallest absolute Gasteiger partial charge is 0.163 e. The number of hydrogen-bond donors (Lipinski definition) is 0. The Kier molecular flexibility index (Phi) is 6.49. The molecule has 0 radical (unpaired) electrons. The van der Waals surface area contributed by atoms with Crippen molar-refractivity contribution >= 4 is 17.3 Å². The number of carbonyl (C=O) groups is 3. The lowest BCUT2D eigenvalue weighted by Crippen LogP contribution is -2.24. The van der Waals surface area contributed by atoms with Gasteiger partial charge in [-0.2, -0.15) is 5.10 Å². The topological polar surface area (TPSA) is 69.0 Å². The van der Waals surface area contributed by atoms with Gasteiger partial charge >= 0.3 is 0 Å². The predicted molar refractivity (Wildman–Crippen MR) is 77.9 cm³/mol. The molecular weight excluding hydrogens is 256 g/mol. The molecular formula is C15H24N2O3. The van der Waals surface area contributed by atoms with Gasteiger partial charge in [0.05, 0.1) is 23.7 Å². The second-order valence-corrected chi connectivity index (χ2v) is 5.86. The van der Waals surface area contributed by atoms with Crippen LogP contribution in [0.5, 0.6) is 0 Å².